The van der Waals surface area contributed by atoms with Crippen molar-refractivity contribution in [1.29, 1.82) is 5.26 Å². The lowest BCUT2D eigenvalue weighted by Crippen LogP contribution is -2.32. The van der Waals surface area contributed by atoms with E-state index in [4.69, 9.17) is 9.97 Å². The van der Waals surface area contributed by atoms with Crippen LogP contribution < -0.4 is 0 Å². The summed E-state index contributed by atoms with van der Waals surface area (Å²) in [5, 5.41) is 10.4. The van der Waals surface area contributed by atoms with Crippen LogP contribution in [0.1, 0.15) is 27.8 Å². The minimum atomic E-state index is -0.550. The largest absolute Gasteiger partial charge is 0.228 e. The van der Waals surface area contributed by atoms with Crippen LogP contribution in [0.2, 0.25) is 0 Å². The second-order valence-electron chi connectivity index (χ2n) is 13.2. The van der Waals surface area contributed by atoms with E-state index in [1.165, 1.54) is 38.3 Å². The Kier molecular flexibility index (Phi) is 7.02. The molecule has 10 rings (SSSR count). The molecule has 7 aromatic carbocycles. The van der Waals surface area contributed by atoms with Crippen molar-refractivity contribution in [3.8, 4) is 62.2 Å². The van der Waals surface area contributed by atoms with Gasteiger partial charge in [-0.05, 0) is 56.6 Å². The predicted octanol–water partition coefficient (Wildman–Crippen LogP) is 11.8. The summed E-state index contributed by atoms with van der Waals surface area (Å²) < 4.78 is 0. The maximum absolute atomic E-state index is 10.4. The SMILES string of the molecule is N#Cc1cccc2c1Sc1c(-c3ccc(-c4nc(-c5ccccc5)cc(-c5ccccc5)n4)cc3)cccc1C21c2ccccc2-c2ccccc21. The molecule has 0 bridgehead atoms. The molecule has 0 radical (unpaired) electrons. The first kappa shape index (κ1) is 30.3. The van der Waals surface area contributed by atoms with Gasteiger partial charge in [-0.1, -0.05) is 176 Å². The molecule has 0 fully saturated rings. The number of fused-ring (bicyclic) bond motifs is 9. The molecule has 2 heterocycles. The van der Waals surface area contributed by atoms with E-state index in [9.17, 15) is 5.26 Å². The Balaban J connectivity index is 1.15. The van der Waals surface area contributed by atoms with Gasteiger partial charge in [-0.3, -0.25) is 0 Å². The summed E-state index contributed by atoms with van der Waals surface area (Å²) in [6, 6.07) is 64.2. The Bertz CT molecular complexity index is 2610. The minimum absolute atomic E-state index is 0.550. The Morgan fingerprint density at radius 1 is 0.423 bits per heavy atom. The molecule has 1 aromatic heterocycles. The molecule has 1 spiro atoms. The van der Waals surface area contributed by atoms with Crippen molar-refractivity contribution in [1.82, 2.24) is 9.97 Å². The second kappa shape index (κ2) is 12.1. The fourth-order valence-electron chi connectivity index (χ4n) is 8.15. The van der Waals surface area contributed by atoms with Crippen molar-refractivity contribution in [3.63, 3.8) is 0 Å². The van der Waals surface area contributed by atoms with Crippen LogP contribution in [0.4, 0.5) is 0 Å². The molecule has 0 saturated carbocycles. The van der Waals surface area contributed by atoms with Crippen LogP contribution in [0.15, 0.2) is 186 Å². The molecule has 2 aliphatic rings. The summed E-state index contributed by atoms with van der Waals surface area (Å²) >= 11 is 1.72. The zero-order valence-electron chi connectivity index (χ0n) is 28.0. The van der Waals surface area contributed by atoms with E-state index >= 15 is 0 Å². The van der Waals surface area contributed by atoms with E-state index in [0.717, 1.165) is 44.1 Å². The van der Waals surface area contributed by atoms with E-state index < -0.39 is 5.41 Å². The first-order chi connectivity index (χ1) is 25.7. The first-order valence-corrected chi connectivity index (χ1v) is 18.2. The highest BCUT2D eigenvalue weighted by Gasteiger charge is 2.50. The van der Waals surface area contributed by atoms with Crippen LogP contribution >= 0.6 is 11.8 Å². The maximum Gasteiger partial charge on any atom is 0.160 e. The number of benzene rings is 7. The summed E-state index contributed by atoms with van der Waals surface area (Å²) in [6.45, 7) is 0. The van der Waals surface area contributed by atoms with Crippen LogP contribution in [0.5, 0.6) is 0 Å². The summed E-state index contributed by atoms with van der Waals surface area (Å²) in [5.41, 5.74) is 14.6. The van der Waals surface area contributed by atoms with Crippen molar-refractivity contribution >= 4 is 11.8 Å². The topological polar surface area (TPSA) is 49.6 Å². The lowest BCUT2D eigenvalue weighted by atomic mass is 9.66. The van der Waals surface area contributed by atoms with Gasteiger partial charge in [0, 0.05) is 26.5 Å². The Morgan fingerprint density at radius 3 is 1.50 bits per heavy atom. The molecule has 242 valence electrons. The predicted molar refractivity (Wildman–Crippen MR) is 210 cm³/mol. The molecule has 0 N–H and O–H groups in total. The quantitative estimate of drug-likeness (QED) is 0.186. The van der Waals surface area contributed by atoms with Gasteiger partial charge in [0.05, 0.1) is 22.4 Å². The van der Waals surface area contributed by atoms with Crippen LogP contribution in [0.25, 0.3) is 56.2 Å². The molecular formula is C48H29N3S. The van der Waals surface area contributed by atoms with Gasteiger partial charge in [-0.25, -0.2) is 9.97 Å². The van der Waals surface area contributed by atoms with Gasteiger partial charge in [0.2, 0.25) is 0 Å². The number of rotatable bonds is 4. The second-order valence-corrected chi connectivity index (χ2v) is 14.2. The van der Waals surface area contributed by atoms with Gasteiger partial charge in [-0.2, -0.15) is 5.26 Å². The molecule has 52 heavy (non-hydrogen) atoms. The van der Waals surface area contributed by atoms with Gasteiger partial charge in [0.1, 0.15) is 6.07 Å². The molecule has 0 atom stereocenters. The number of hydrogen-bond donors (Lipinski definition) is 0. The van der Waals surface area contributed by atoms with E-state index in [1.807, 2.05) is 48.5 Å². The van der Waals surface area contributed by atoms with E-state index in [-0.39, 0.29) is 0 Å². The van der Waals surface area contributed by atoms with Gasteiger partial charge in [0.15, 0.2) is 5.82 Å². The Morgan fingerprint density at radius 2 is 0.904 bits per heavy atom. The minimum Gasteiger partial charge on any atom is -0.228 e. The average molecular weight is 680 g/mol. The van der Waals surface area contributed by atoms with E-state index in [2.05, 4.69) is 133 Å². The smallest absolute Gasteiger partial charge is 0.160 e. The van der Waals surface area contributed by atoms with E-state index in [1.54, 1.807) is 11.8 Å². The summed E-state index contributed by atoms with van der Waals surface area (Å²) in [6.07, 6.45) is 0. The van der Waals surface area contributed by atoms with Gasteiger partial charge in [0.25, 0.3) is 0 Å². The lowest BCUT2D eigenvalue weighted by molar-refractivity contribution is 0.722. The van der Waals surface area contributed by atoms with Gasteiger partial charge < -0.3 is 0 Å². The van der Waals surface area contributed by atoms with Crippen molar-refractivity contribution in [3.05, 3.63) is 204 Å². The van der Waals surface area contributed by atoms with Crippen molar-refractivity contribution < 1.29 is 0 Å². The molecule has 0 amide bonds. The van der Waals surface area contributed by atoms with Gasteiger partial charge in [-0.15, -0.1) is 0 Å². The van der Waals surface area contributed by atoms with Crippen molar-refractivity contribution in [2.45, 2.75) is 15.2 Å². The number of nitriles is 1. The van der Waals surface area contributed by atoms with Crippen LogP contribution in [-0.4, -0.2) is 9.97 Å². The van der Waals surface area contributed by atoms with Crippen molar-refractivity contribution in [2.75, 3.05) is 0 Å². The number of aromatic nitrogens is 2. The number of hydrogen-bond acceptors (Lipinski definition) is 4. The Labute approximate surface area is 307 Å². The molecule has 1 aliphatic carbocycles. The van der Waals surface area contributed by atoms with Crippen LogP contribution in [0.3, 0.4) is 0 Å². The third-order valence-corrected chi connectivity index (χ3v) is 11.7. The monoisotopic (exact) mass is 679 g/mol. The van der Waals surface area contributed by atoms with Crippen LogP contribution in [-0.2, 0) is 5.41 Å². The standard InChI is InChI=1S/C48H29N3S/c49-30-35-17-11-23-41-45(35)52-46-36(20-12-24-42(46)48(41)39-21-9-7-18-37(39)38-19-8-10-22-40(38)48)31-25-27-34(28-26-31)47-50-43(32-13-3-1-4-14-32)29-44(51-47)33-15-5-2-6-16-33/h1-29H. The summed E-state index contributed by atoms with van der Waals surface area (Å²) in [5.74, 6) is 0.682. The highest BCUT2D eigenvalue weighted by atomic mass is 32.2. The maximum atomic E-state index is 10.4. The zero-order chi connectivity index (χ0) is 34.6. The molecule has 1 aliphatic heterocycles. The molecule has 3 nitrogen and oxygen atoms in total. The molecule has 0 unspecified atom stereocenters. The third kappa shape index (κ3) is 4.53. The fraction of sp³-hybridized carbons (Fsp3) is 0.0208. The molecule has 4 heteroatoms. The van der Waals surface area contributed by atoms with Crippen molar-refractivity contribution in [2.24, 2.45) is 0 Å². The Hall–Kier alpha value is -6.54. The molecular weight excluding hydrogens is 651 g/mol. The average Bonchev–Trinajstić information content (AvgIpc) is 3.52. The lowest BCUT2D eigenvalue weighted by Gasteiger charge is -2.40. The first-order valence-electron chi connectivity index (χ1n) is 17.4. The summed E-state index contributed by atoms with van der Waals surface area (Å²) in [4.78, 5) is 12.3. The van der Waals surface area contributed by atoms with Crippen LogP contribution in [0, 0.1) is 11.3 Å². The fourth-order valence-corrected chi connectivity index (χ4v) is 9.54. The number of nitrogens with zero attached hydrogens (tertiary/aromatic N) is 3. The highest BCUT2D eigenvalue weighted by Crippen LogP contribution is 2.63. The summed E-state index contributed by atoms with van der Waals surface area (Å²) in [7, 11) is 0. The molecule has 8 aromatic rings. The zero-order valence-corrected chi connectivity index (χ0v) is 28.8. The van der Waals surface area contributed by atoms with E-state index in [0.29, 0.717) is 11.4 Å². The third-order valence-electron chi connectivity index (χ3n) is 10.4. The normalized spacial score (nSPS) is 13.1. The van der Waals surface area contributed by atoms with Gasteiger partial charge >= 0.3 is 0 Å². The molecule has 0 saturated heterocycles. The highest BCUT2D eigenvalue weighted by molar-refractivity contribution is 7.99.